The van der Waals surface area contributed by atoms with Crippen molar-refractivity contribution < 1.29 is 13.4 Å². The summed E-state index contributed by atoms with van der Waals surface area (Å²) in [5.41, 5.74) is 0.607. The molecule has 0 aliphatic carbocycles. The van der Waals surface area contributed by atoms with Crippen LogP contribution in [0.4, 0.5) is 4.39 Å². The van der Waals surface area contributed by atoms with Gasteiger partial charge in [0.15, 0.2) is 5.78 Å². The lowest BCUT2D eigenvalue weighted by Gasteiger charge is -2.37. The minimum absolute atomic E-state index is 0.0123. The molecular formula is C15H18FNO2S. The van der Waals surface area contributed by atoms with E-state index in [0.29, 0.717) is 18.5 Å². The van der Waals surface area contributed by atoms with Crippen molar-refractivity contribution >= 4 is 16.6 Å². The maximum atomic E-state index is 13.2. The SMILES string of the molecule is Cc1nc(C(=O)C2CC3CCCC(C2)S3=O)ccc1F. The van der Waals surface area contributed by atoms with Crippen molar-refractivity contribution in [2.45, 2.75) is 49.5 Å². The zero-order valence-corrected chi connectivity index (χ0v) is 12.3. The summed E-state index contributed by atoms with van der Waals surface area (Å²) in [7, 11) is -0.770. The molecule has 2 saturated heterocycles. The first-order chi connectivity index (χ1) is 9.56. The molecule has 0 amide bonds. The molecule has 0 aromatic carbocycles. The lowest BCUT2D eigenvalue weighted by molar-refractivity contribution is 0.0890. The van der Waals surface area contributed by atoms with Gasteiger partial charge in [0.25, 0.3) is 0 Å². The Hall–Kier alpha value is -1.10. The fraction of sp³-hybridized carbons (Fsp3) is 0.600. The summed E-state index contributed by atoms with van der Waals surface area (Å²) >= 11 is 0. The quantitative estimate of drug-likeness (QED) is 0.788. The zero-order valence-electron chi connectivity index (χ0n) is 11.5. The van der Waals surface area contributed by atoms with Crippen LogP contribution >= 0.6 is 0 Å². The predicted octanol–water partition coefficient (Wildman–Crippen LogP) is 2.79. The highest BCUT2D eigenvalue weighted by atomic mass is 32.2. The molecule has 0 radical (unpaired) electrons. The van der Waals surface area contributed by atoms with Crippen LogP contribution in [-0.2, 0) is 10.8 Å². The Kier molecular flexibility index (Phi) is 3.71. The number of carbonyl (C=O) groups excluding carboxylic acids is 1. The number of halogens is 1. The first kappa shape index (κ1) is 13.9. The van der Waals surface area contributed by atoms with Crippen LogP contribution in [0.25, 0.3) is 0 Å². The van der Waals surface area contributed by atoms with Crippen molar-refractivity contribution in [2.75, 3.05) is 0 Å². The van der Waals surface area contributed by atoms with Gasteiger partial charge >= 0.3 is 0 Å². The van der Waals surface area contributed by atoms with E-state index in [4.69, 9.17) is 0 Å². The summed E-state index contributed by atoms with van der Waals surface area (Å²) in [4.78, 5) is 16.6. The number of aryl methyl sites for hydroxylation is 1. The summed E-state index contributed by atoms with van der Waals surface area (Å²) in [6.07, 6.45) is 4.43. The van der Waals surface area contributed by atoms with Gasteiger partial charge in [-0.2, -0.15) is 0 Å². The highest BCUT2D eigenvalue weighted by molar-refractivity contribution is 7.86. The van der Waals surface area contributed by atoms with E-state index in [1.54, 1.807) is 6.92 Å². The van der Waals surface area contributed by atoms with Gasteiger partial charge in [0.2, 0.25) is 0 Å². The third kappa shape index (κ3) is 2.43. The molecule has 108 valence electrons. The lowest BCUT2D eigenvalue weighted by Crippen LogP contribution is -2.41. The van der Waals surface area contributed by atoms with Gasteiger partial charge in [-0.05, 0) is 44.7 Å². The van der Waals surface area contributed by atoms with Crippen molar-refractivity contribution in [1.82, 2.24) is 4.98 Å². The fourth-order valence-electron chi connectivity index (χ4n) is 3.34. The van der Waals surface area contributed by atoms with Crippen LogP contribution in [-0.4, -0.2) is 25.5 Å². The molecular weight excluding hydrogens is 277 g/mol. The van der Waals surface area contributed by atoms with Gasteiger partial charge in [0, 0.05) is 27.2 Å². The largest absolute Gasteiger partial charge is 0.292 e. The van der Waals surface area contributed by atoms with Crippen LogP contribution in [0, 0.1) is 18.7 Å². The second kappa shape index (κ2) is 5.35. The maximum Gasteiger partial charge on any atom is 0.184 e. The van der Waals surface area contributed by atoms with Crippen LogP contribution in [0.15, 0.2) is 12.1 Å². The Balaban J connectivity index is 1.81. The molecule has 5 heteroatoms. The molecule has 0 saturated carbocycles. The number of hydrogen-bond donors (Lipinski definition) is 0. The van der Waals surface area contributed by atoms with Gasteiger partial charge in [-0.1, -0.05) is 6.42 Å². The van der Waals surface area contributed by atoms with Gasteiger partial charge < -0.3 is 0 Å². The minimum Gasteiger partial charge on any atom is -0.292 e. The number of rotatable bonds is 2. The molecule has 2 aliphatic rings. The number of ketones is 1. The van der Waals surface area contributed by atoms with E-state index in [0.717, 1.165) is 19.3 Å². The summed E-state index contributed by atoms with van der Waals surface area (Å²) in [6, 6.07) is 2.77. The molecule has 2 bridgehead atoms. The molecule has 3 rings (SSSR count). The second-order valence-corrected chi connectivity index (χ2v) is 7.79. The van der Waals surface area contributed by atoms with Crippen molar-refractivity contribution in [1.29, 1.82) is 0 Å². The molecule has 2 unspecified atom stereocenters. The lowest BCUT2D eigenvalue weighted by atomic mass is 9.85. The number of nitrogens with zero attached hydrogens (tertiary/aromatic N) is 1. The summed E-state index contributed by atoms with van der Waals surface area (Å²) < 4.78 is 25.4. The minimum atomic E-state index is -0.770. The van der Waals surface area contributed by atoms with E-state index < -0.39 is 10.8 Å². The number of pyridine rings is 1. The van der Waals surface area contributed by atoms with Gasteiger partial charge in [-0.15, -0.1) is 0 Å². The Morgan fingerprint density at radius 1 is 1.30 bits per heavy atom. The highest BCUT2D eigenvalue weighted by Gasteiger charge is 2.40. The summed E-state index contributed by atoms with van der Waals surface area (Å²) in [6.45, 7) is 1.57. The third-order valence-corrected chi connectivity index (χ3v) is 6.62. The van der Waals surface area contributed by atoms with Crippen LogP contribution in [0.2, 0.25) is 0 Å². The number of fused-ring (bicyclic) bond motifs is 2. The number of carbonyl (C=O) groups is 1. The van der Waals surface area contributed by atoms with Crippen molar-refractivity contribution in [3.63, 3.8) is 0 Å². The third-order valence-electron chi connectivity index (χ3n) is 4.45. The smallest absolute Gasteiger partial charge is 0.184 e. The number of aromatic nitrogens is 1. The van der Waals surface area contributed by atoms with E-state index in [1.807, 2.05) is 0 Å². The number of hydrogen-bond acceptors (Lipinski definition) is 3. The Bertz CT molecular complexity index is 559. The average molecular weight is 295 g/mol. The van der Waals surface area contributed by atoms with E-state index in [1.165, 1.54) is 12.1 Å². The first-order valence-electron chi connectivity index (χ1n) is 7.13. The molecule has 20 heavy (non-hydrogen) atoms. The molecule has 3 nitrogen and oxygen atoms in total. The Labute approximate surface area is 120 Å². The van der Waals surface area contributed by atoms with Crippen LogP contribution in [0.5, 0.6) is 0 Å². The number of Topliss-reactive ketones (excluding diaryl/α,β-unsaturated/α-hetero) is 1. The second-order valence-electron chi connectivity index (χ2n) is 5.80. The molecule has 0 N–H and O–H groups in total. The van der Waals surface area contributed by atoms with E-state index in [2.05, 4.69) is 4.98 Å². The van der Waals surface area contributed by atoms with E-state index in [-0.39, 0.29) is 33.7 Å². The topological polar surface area (TPSA) is 47.0 Å². The van der Waals surface area contributed by atoms with Crippen molar-refractivity contribution in [2.24, 2.45) is 5.92 Å². The predicted molar refractivity (Wildman–Crippen MR) is 75.6 cm³/mol. The fourth-order valence-corrected chi connectivity index (χ4v) is 5.52. The Morgan fingerprint density at radius 2 is 1.95 bits per heavy atom. The van der Waals surface area contributed by atoms with Crippen molar-refractivity contribution in [3.05, 3.63) is 29.3 Å². The molecule has 2 aliphatic heterocycles. The standard InChI is InChI=1S/C15H18FNO2S/c1-9-13(16)5-6-14(17-9)15(18)10-7-11-3-2-4-12(8-10)20(11)19/h5-6,10-12H,2-4,7-8H2,1H3. The summed E-state index contributed by atoms with van der Waals surface area (Å²) in [5, 5.41) is 0.330. The average Bonchev–Trinajstić information content (AvgIpc) is 2.41. The molecule has 2 atom stereocenters. The highest BCUT2D eigenvalue weighted by Crippen LogP contribution is 2.38. The van der Waals surface area contributed by atoms with Gasteiger partial charge in [-0.3, -0.25) is 9.00 Å². The first-order valence-corrected chi connectivity index (χ1v) is 8.40. The van der Waals surface area contributed by atoms with Gasteiger partial charge in [0.1, 0.15) is 11.5 Å². The van der Waals surface area contributed by atoms with Gasteiger partial charge in [-0.25, -0.2) is 9.37 Å². The van der Waals surface area contributed by atoms with Crippen LogP contribution in [0.1, 0.15) is 48.3 Å². The van der Waals surface area contributed by atoms with Gasteiger partial charge in [0.05, 0.1) is 5.69 Å². The van der Waals surface area contributed by atoms with E-state index >= 15 is 0 Å². The summed E-state index contributed by atoms with van der Waals surface area (Å²) in [5.74, 6) is -0.495. The molecule has 1 aromatic heterocycles. The molecule has 0 spiro atoms. The van der Waals surface area contributed by atoms with E-state index in [9.17, 15) is 13.4 Å². The van der Waals surface area contributed by atoms with Crippen molar-refractivity contribution in [3.8, 4) is 0 Å². The zero-order chi connectivity index (χ0) is 14.3. The van der Waals surface area contributed by atoms with Crippen LogP contribution < -0.4 is 0 Å². The van der Waals surface area contributed by atoms with Crippen LogP contribution in [0.3, 0.4) is 0 Å². The molecule has 2 fully saturated rings. The molecule has 1 aromatic rings. The molecule has 3 heterocycles. The normalized spacial score (nSPS) is 32.9. The Morgan fingerprint density at radius 3 is 2.55 bits per heavy atom. The monoisotopic (exact) mass is 295 g/mol. The maximum absolute atomic E-state index is 13.2.